The predicted octanol–water partition coefficient (Wildman–Crippen LogP) is -19.3. The van der Waals surface area contributed by atoms with Gasteiger partial charge in [-0.1, -0.05) is 0 Å². The molecule has 4 saturated heterocycles. The van der Waals surface area contributed by atoms with E-state index in [1.807, 2.05) is 0 Å². The van der Waals surface area contributed by atoms with Crippen LogP contribution in [0, 0.1) is 0 Å². The van der Waals surface area contributed by atoms with E-state index in [2.05, 4.69) is 85.1 Å². The smallest absolute Gasteiger partial charge is 0.325 e. The van der Waals surface area contributed by atoms with Gasteiger partial charge >= 0.3 is 23.9 Å². The molecule has 0 aliphatic carbocycles. The third-order valence-electron chi connectivity index (χ3n) is 23.2. The van der Waals surface area contributed by atoms with Gasteiger partial charge in [-0.2, -0.15) is 0 Å². The lowest BCUT2D eigenvalue weighted by Gasteiger charge is -2.52. The summed E-state index contributed by atoms with van der Waals surface area (Å²) < 4.78 is 55.8. The maximum absolute atomic E-state index is 14.6. The minimum atomic E-state index is -2.32. The van der Waals surface area contributed by atoms with Crippen LogP contribution in [0.2, 0.25) is 0 Å². The number of hydrogen-bond donors (Lipinski definition) is 34. The highest BCUT2D eigenvalue weighted by Crippen LogP contribution is 2.37. The first kappa shape index (κ1) is 129. The summed E-state index contributed by atoms with van der Waals surface area (Å²) in [6, 6.07) is -27.3. The predicted molar refractivity (Wildman–Crippen MR) is 490 cm³/mol. The van der Waals surface area contributed by atoms with Gasteiger partial charge in [-0.15, -0.1) is 0 Å². The topological polar surface area (TPSA) is 1040 Å². The molecule has 65 heteroatoms. The number of hydrogen-bond acceptors (Lipinski definition) is 43. The van der Waals surface area contributed by atoms with Crippen LogP contribution in [0.3, 0.4) is 0 Å². The summed E-state index contributed by atoms with van der Waals surface area (Å²) in [4.78, 5) is 285. The van der Waals surface area contributed by atoms with Crippen molar-refractivity contribution in [3.8, 4) is 0 Å². The van der Waals surface area contributed by atoms with E-state index < -0.39 is 416 Å². The van der Waals surface area contributed by atoms with Crippen LogP contribution in [0.1, 0.15) is 133 Å². The zero-order valence-corrected chi connectivity index (χ0v) is 82.6. The molecule has 4 aliphatic heterocycles. The van der Waals surface area contributed by atoms with Crippen molar-refractivity contribution in [1.29, 1.82) is 0 Å². The molecule has 0 aromatic rings. The van der Waals surface area contributed by atoms with Crippen molar-refractivity contribution >= 4 is 130 Å². The van der Waals surface area contributed by atoms with Gasteiger partial charge in [-0.3, -0.25) is 105 Å². The number of carbonyl (C=O) groups excluding carboxylic acids is 18. The van der Waals surface area contributed by atoms with Gasteiger partial charge in [0.2, 0.25) is 106 Å². The lowest BCUT2D eigenvalue weighted by atomic mass is 9.92. The van der Waals surface area contributed by atoms with Gasteiger partial charge in [0.15, 0.2) is 25.2 Å². The second-order valence-corrected chi connectivity index (χ2v) is 35.2. The summed E-state index contributed by atoms with van der Waals surface area (Å²) >= 11 is 0. The maximum Gasteiger partial charge on any atom is 0.325 e. The van der Waals surface area contributed by atoms with Crippen LogP contribution in [0.15, 0.2) is 0 Å². The summed E-state index contributed by atoms with van der Waals surface area (Å²) in [6.45, 7) is 2.87. The molecule has 0 radical (unpaired) electrons. The molecule has 4 aliphatic rings. The Kier molecular flexibility index (Phi) is 53.8. The number of aliphatic hydroxyl groups is 10. The Morgan fingerprint density at radius 1 is 0.322 bits per heavy atom. The number of ether oxygens (including phenoxy) is 9. The van der Waals surface area contributed by atoms with Crippen LogP contribution in [0.25, 0.3) is 0 Å². The lowest BCUT2D eigenvalue weighted by molar-refractivity contribution is -0.365. The first-order chi connectivity index (χ1) is 69.8. The number of primary amides is 2. The average molecular weight is 2150 g/mol. The second-order valence-electron chi connectivity index (χ2n) is 35.2. The number of aliphatic carboxylic acids is 4. The molecule has 34 unspecified atom stereocenters. The van der Waals surface area contributed by atoms with E-state index in [0.29, 0.717) is 0 Å². The van der Waals surface area contributed by atoms with Gasteiger partial charge in [-0.25, -0.2) is 0 Å². The van der Waals surface area contributed by atoms with Crippen LogP contribution < -0.4 is 108 Å². The van der Waals surface area contributed by atoms with Crippen LogP contribution in [0.5, 0.6) is 0 Å². The van der Waals surface area contributed by atoms with Crippen LogP contribution >= 0.6 is 0 Å². The summed E-state index contributed by atoms with van der Waals surface area (Å²) in [5.41, 5.74) is 22.3. The van der Waals surface area contributed by atoms with E-state index in [9.17, 15) is 167 Å². The summed E-state index contributed by atoms with van der Waals surface area (Å²) in [6.07, 6.45) is -41.9. The van der Waals surface area contributed by atoms with Gasteiger partial charge in [0.1, 0.15) is 170 Å². The molecule has 0 saturated carbocycles. The Morgan fingerprint density at radius 2 is 0.638 bits per heavy atom. The number of carboxylic acids is 4. The van der Waals surface area contributed by atoms with Crippen LogP contribution in [-0.4, -0.2) is 462 Å². The molecule has 4 fully saturated rings. The molecule has 0 bridgehead atoms. The van der Waals surface area contributed by atoms with E-state index in [0.717, 1.165) is 69.2 Å². The Bertz CT molecular complexity index is 4610. The van der Waals surface area contributed by atoms with Crippen molar-refractivity contribution in [3.05, 3.63) is 0 Å². The monoisotopic (exact) mass is 2150 g/mol. The molecule has 18 amide bonds. The van der Waals surface area contributed by atoms with Gasteiger partial charge < -0.3 is 222 Å². The minimum Gasteiger partial charge on any atom is -0.481 e. The molecule has 65 nitrogen and oxygen atoms in total. The van der Waals surface area contributed by atoms with Gasteiger partial charge in [0.25, 0.3) is 0 Å². The van der Waals surface area contributed by atoms with E-state index in [-0.39, 0.29) is 38.8 Å². The molecule has 0 aromatic carbocycles. The molecule has 38 N–H and O–H groups in total. The summed E-state index contributed by atoms with van der Waals surface area (Å²) in [7, 11) is 0. The highest BCUT2D eigenvalue weighted by molar-refractivity contribution is 5.97. The molecular formula is C84H138N20O45. The standard InChI is InChI=1S/C84H138N20O45/c1-29(69(126)101-41(67(87)124)15-17-51(115)99-43(77(134)93-31(3)79(136)137)13-11-19-89-75(132)45(23-105)103-73(130)39(85)21-53(117)118)91-71(128)33(5)141-65-57(97-37(9)113)81(140)143-49(27-109)63(65)148-83-56(96-36(8)112)61(123)62(48(26-108)145-83)147-84-58(98-38(10)114)66(64(50(28-110)146-84)149-82-55(95-35(7)111)60(122)59(121)47(25-107)144-82)142-34(6)72(129)92-30(2)70(127)102-42(68(88)125)16-18-52(116)100-44(78(135)94-32(4)80(138)139)14-12-20-90-76(133)46(24-106)104-74(131)40(86)22-54(119)120/h29-34,39-50,55-66,81-84,105-110,121-123,140H,11-28,85-86H2,1-10H3,(H2,87,124)(H2,88,125)(H,89,132)(H,90,133)(H,91,128)(H,92,129)(H,93,134)(H,94,135)(H,95,111)(H,96,112)(H,97,113)(H,98,114)(H,99,115)(H,100,116)(H,101,126)(H,102,127)(H,103,130)(H,104,131)(H,117,118)(H,119,120)(H,136,137)(H,138,139). The molecule has 4 rings (SSSR count). The molecular weight excluding hydrogens is 2010 g/mol. The second kappa shape index (κ2) is 62.2. The molecule has 149 heavy (non-hydrogen) atoms. The Balaban J connectivity index is 1.65. The van der Waals surface area contributed by atoms with Crippen molar-refractivity contribution in [2.45, 2.75) is 341 Å². The normalized spacial score (nSPS) is 26.4. The number of aliphatic hydroxyl groups excluding tert-OH is 10. The highest BCUT2D eigenvalue weighted by atomic mass is 16.8. The number of nitrogens with two attached hydrogens (primary N) is 4. The first-order valence-electron chi connectivity index (χ1n) is 46.7. The summed E-state index contributed by atoms with van der Waals surface area (Å²) in [5, 5.41) is 183. The van der Waals surface area contributed by atoms with E-state index in [4.69, 9.17) is 75.8 Å². The number of carboxylic acid groups (broad SMARTS) is 4. The maximum atomic E-state index is 14.6. The number of nitrogens with one attached hydrogen (secondary N) is 16. The Morgan fingerprint density at radius 3 is 0.987 bits per heavy atom. The molecule has 0 aromatic heterocycles. The Hall–Kier alpha value is -12.5. The average Bonchev–Trinajstić information content (AvgIpc) is 0.758. The van der Waals surface area contributed by atoms with Crippen molar-refractivity contribution in [1.82, 2.24) is 85.1 Å². The van der Waals surface area contributed by atoms with Gasteiger partial charge in [0, 0.05) is 53.6 Å². The quantitative estimate of drug-likeness (QED) is 0.0251. The third-order valence-corrected chi connectivity index (χ3v) is 23.2. The summed E-state index contributed by atoms with van der Waals surface area (Å²) in [5.74, 6) is -25.4. The van der Waals surface area contributed by atoms with Crippen LogP contribution in [0.4, 0.5) is 0 Å². The van der Waals surface area contributed by atoms with Crippen molar-refractivity contribution < 1.29 is 220 Å². The fourth-order valence-electron chi connectivity index (χ4n) is 15.2. The van der Waals surface area contributed by atoms with Crippen molar-refractivity contribution in [3.63, 3.8) is 0 Å². The number of amides is 18. The molecule has 34 atom stereocenters. The third kappa shape index (κ3) is 40.7. The van der Waals surface area contributed by atoms with Crippen molar-refractivity contribution in [2.75, 3.05) is 52.7 Å². The van der Waals surface area contributed by atoms with E-state index in [1.165, 1.54) is 0 Å². The van der Waals surface area contributed by atoms with Crippen molar-refractivity contribution in [2.24, 2.45) is 22.9 Å². The fourth-order valence-corrected chi connectivity index (χ4v) is 15.2. The minimum absolute atomic E-state index is 0.163. The number of carbonyl (C=O) groups is 22. The highest BCUT2D eigenvalue weighted by Gasteiger charge is 2.59. The SMILES string of the molecule is CC(=O)NC1C(OC2C(CO)OC(OC3C(CO)OC(OC4C(CO)OC(O)C(NC(C)=O)C4OC(C)C(=O)NC(C)C(=O)NC(CCC(=O)NC(CCCNC(=O)C(CO)NC(=O)C(N)CC(=O)O)C(=O)NC(C)C(=O)O)C(N)=O)C(NC(C)=O)C3O)C(NC(C)=O)C2OC(C)C(=O)NC(C)C(=O)NC(CCC(=O)NC(CCCNC(=O)C(CO)NC(=O)C(N)CC(=O)O)C(=O)NC(C)C(=O)O)C(N)=O)OC(CO)C(O)C1O. The molecule has 844 valence electrons. The fraction of sp³-hybridized carbons (Fsp3) is 0.738. The van der Waals surface area contributed by atoms with Gasteiger partial charge in [-0.05, 0) is 80.1 Å². The Labute approximate surface area is 848 Å². The van der Waals surface area contributed by atoms with Gasteiger partial charge in [0.05, 0.1) is 64.6 Å². The lowest BCUT2D eigenvalue weighted by Crippen LogP contribution is -2.72. The zero-order chi connectivity index (χ0) is 113. The van der Waals surface area contributed by atoms with E-state index >= 15 is 0 Å². The first-order valence-corrected chi connectivity index (χ1v) is 46.7. The van der Waals surface area contributed by atoms with Crippen LogP contribution in [-0.2, 0) is 148 Å². The number of rotatable bonds is 62. The van der Waals surface area contributed by atoms with E-state index in [1.54, 1.807) is 0 Å². The molecule has 0 spiro atoms. The molecule has 4 heterocycles. The largest absolute Gasteiger partial charge is 0.481 e. The zero-order valence-electron chi connectivity index (χ0n) is 82.6.